The predicted octanol–water partition coefficient (Wildman–Crippen LogP) is 0.423. The monoisotopic (exact) mass is 457 g/mol. The molecule has 1 heterocycles. The van der Waals surface area contributed by atoms with Crippen molar-refractivity contribution in [3.63, 3.8) is 0 Å². The smallest absolute Gasteiger partial charge is 0.234 e. The van der Waals surface area contributed by atoms with Crippen LogP contribution in [0.15, 0.2) is 0 Å². The van der Waals surface area contributed by atoms with Gasteiger partial charge in [0.05, 0.1) is 11.0 Å². The maximum Gasteiger partial charge on any atom is 0.234 e. The fourth-order valence-electron chi connectivity index (χ4n) is 2.86. The number of alkyl halides is 1. The van der Waals surface area contributed by atoms with Crippen molar-refractivity contribution < 1.29 is 14.4 Å². The van der Waals surface area contributed by atoms with Gasteiger partial charge in [0, 0.05) is 38.1 Å². The Morgan fingerprint density at radius 2 is 1.46 bits per heavy atom. The third-order valence-electron chi connectivity index (χ3n) is 4.27. The van der Waals surface area contributed by atoms with E-state index in [2.05, 4.69) is 34.7 Å². The number of carbonyl (C=O) groups excluding carboxylic acids is 3. The van der Waals surface area contributed by atoms with Gasteiger partial charge in [-0.15, -0.1) is 0 Å². The maximum atomic E-state index is 12.0. The molecule has 1 fully saturated rings. The summed E-state index contributed by atoms with van der Waals surface area (Å²) in [5.74, 6) is -0.199. The SMILES string of the molecule is CC1CCCC(C)N1C[13C](=O)[15NH][13CH2][13CH2][13C](=O)NCCNC(=O)CI. The molecule has 1 aliphatic heterocycles. The van der Waals surface area contributed by atoms with Crippen LogP contribution >= 0.6 is 22.6 Å². The van der Waals surface area contributed by atoms with Gasteiger partial charge >= 0.3 is 0 Å². The number of halogens is 1. The molecular weight excluding hydrogens is 428 g/mol. The van der Waals surface area contributed by atoms with Crippen molar-refractivity contribution in [3.05, 3.63) is 0 Å². The molecule has 0 saturated carbocycles. The number of rotatable bonds is 9. The first-order valence-corrected chi connectivity index (χ1v) is 10.1. The van der Waals surface area contributed by atoms with Gasteiger partial charge in [0.15, 0.2) is 0 Å². The molecule has 2 unspecified atom stereocenters. The summed E-state index contributed by atoms with van der Waals surface area (Å²) in [4.78, 5) is 36.9. The number of hydrogen-bond donors (Lipinski definition) is 3. The van der Waals surface area contributed by atoms with Crippen molar-refractivity contribution in [3.8, 4) is 0 Å². The highest BCUT2D eigenvalue weighted by molar-refractivity contribution is 14.1. The van der Waals surface area contributed by atoms with Crippen molar-refractivity contribution in [2.75, 3.05) is 30.6 Å². The Kier molecular flexibility index (Phi) is 10.2. The minimum absolute atomic E-state index is 0.0299. The Morgan fingerprint density at radius 3 is 2.04 bits per heavy atom. The molecule has 24 heavy (non-hydrogen) atoms. The Morgan fingerprint density at radius 1 is 0.917 bits per heavy atom. The van der Waals surface area contributed by atoms with Crippen LogP contribution in [0.4, 0.5) is 0 Å². The molecule has 1 aliphatic rings. The zero-order valence-corrected chi connectivity index (χ0v) is 16.7. The molecule has 0 spiro atoms. The van der Waals surface area contributed by atoms with E-state index in [9.17, 15) is 14.4 Å². The van der Waals surface area contributed by atoms with Crippen LogP contribution in [0.3, 0.4) is 0 Å². The van der Waals surface area contributed by atoms with Crippen LogP contribution in [0.25, 0.3) is 0 Å². The first-order chi connectivity index (χ1) is 11.4. The van der Waals surface area contributed by atoms with E-state index in [-0.39, 0.29) is 24.1 Å². The van der Waals surface area contributed by atoms with Gasteiger partial charge < -0.3 is 16.0 Å². The second-order valence-corrected chi connectivity index (χ2v) is 7.00. The van der Waals surface area contributed by atoms with Gasteiger partial charge in [0.1, 0.15) is 0 Å². The fraction of sp³-hybridized carbons (Fsp3) is 0.812. The Balaban J connectivity index is 2.11. The molecular formula is C16H29IN4O3. The second-order valence-electron chi connectivity index (χ2n) is 6.23. The van der Waals surface area contributed by atoms with E-state index in [4.69, 9.17) is 0 Å². The summed E-state index contributed by atoms with van der Waals surface area (Å²) in [7, 11) is 0. The summed E-state index contributed by atoms with van der Waals surface area (Å²) in [5.41, 5.74) is 0. The molecule has 0 aliphatic carbocycles. The number of amides is 3. The Hall–Kier alpha value is -0.900. The zero-order chi connectivity index (χ0) is 17.9. The first kappa shape index (κ1) is 21.1. The maximum absolute atomic E-state index is 12.0. The van der Waals surface area contributed by atoms with E-state index < -0.39 is 0 Å². The van der Waals surface area contributed by atoms with Crippen LogP contribution in [0.5, 0.6) is 0 Å². The van der Waals surface area contributed by atoms with E-state index in [0.717, 1.165) is 12.8 Å². The molecule has 0 bridgehead atoms. The van der Waals surface area contributed by atoms with E-state index in [1.165, 1.54) is 6.42 Å². The lowest BCUT2D eigenvalue weighted by Gasteiger charge is -2.38. The summed E-state index contributed by atoms with van der Waals surface area (Å²) in [5, 5.41) is 8.20. The van der Waals surface area contributed by atoms with Crippen LogP contribution in [0, 0.1) is 0 Å². The average Bonchev–Trinajstić information content (AvgIpc) is 2.55. The highest BCUT2D eigenvalue weighted by atomic mass is 127. The van der Waals surface area contributed by atoms with Crippen molar-refractivity contribution in [2.45, 2.75) is 51.6 Å². The molecule has 8 heteroatoms. The van der Waals surface area contributed by atoms with Crippen LogP contribution in [0.2, 0.25) is 0 Å². The van der Waals surface area contributed by atoms with Gasteiger partial charge in [-0.3, -0.25) is 19.3 Å². The number of carbonyl (C=O) groups is 3. The summed E-state index contributed by atoms with van der Waals surface area (Å²) in [6.07, 6.45) is 3.73. The molecule has 0 aromatic heterocycles. The van der Waals surface area contributed by atoms with Gasteiger partial charge in [-0.1, -0.05) is 29.0 Å². The van der Waals surface area contributed by atoms with Crippen molar-refractivity contribution in [1.29, 1.82) is 0 Å². The van der Waals surface area contributed by atoms with Gasteiger partial charge in [0.25, 0.3) is 0 Å². The zero-order valence-electron chi connectivity index (χ0n) is 14.6. The Bertz CT molecular complexity index is 424. The molecule has 1 saturated heterocycles. The van der Waals surface area contributed by atoms with E-state index >= 15 is 0 Å². The molecule has 2 atom stereocenters. The van der Waals surface area contributed by atoms with Gasteiger partial charge in [-0.25, -0.2) is 0 Å². The number of piperidine rings is 1. The number of hydrogen-bond acceptors (Lipinski definition) is 4. The topological polar surface area (TPSA) is 90.5 Å². The predicted molar refractivity (Wildman–Crippen MR) is 102 cm³/mol. The molecule has 7 nitrogen and oxygen atoms in total. The fourth-order valence-corrected chi connectivity index (χ4v) is 3.13. The van der Waals surface area contributed by atoms with Crippen LogP contribution in [-0.2, 0) is 14.4 Å². The lowest BCUT2D eigenvalue weighted by atomic mass is 9.98. The third kappa shape index (κ3) is 8.27. The highest BCUT2D eigenvalue weighted by Gasteiger charge is 2.26. The second kappa shape index (κ2) is 11.6. The molecule has 0 aromatic carbocycles. The average molecular weight is 457 g/mol. The quantitative estimate of drug-likeness (QED) is 0.154. The minimum Gasteiger partial charge on any atom is -0.354 e. The molecule has 138 valence electrons. The lowest BCUT2D eigenvalue weighted by Crippen LogP contribution is -2.49. The molecule has 1 rings (SSSR count). The first-order valence-electron chi connectivity index (χ1n) is 8.55. The largest absolute Gasteiger partial charge is 0.354 e. The number of nitrogens with zero attached hydrogens (tertiary/aromatic N) is 1. The van der Waals surface area contributed by atoms with Gasteiger partial charge in [-0.05, 0) is 26.7 Å². The third-order valence-corrected chi connectivity index (χ3v) is 4.96. The van der Waals surface area contributed by atoms with E-state index in [0.29, 0.717) is 42.7 Å². The van der Waals surface area contributed by atoms with Gasteiger partial charge in [0.2, 0.25) is 17.7 Å². The van der Waals surface area contributed by atoms with Crippen LogP contribution < -0.4 is 16.0 Å². The normalized spacial score (nSPS) is 21.1. The van der Waals surface area contributed by atoms with E-state index in [1.807, 2.05) is 22.6 Å². The Labute approximate surface area is 157 Å². The van der Waals surface area contributed by atoms with E-state index in [1.54, 1.807) is 0 Å². The number of nitrogens with one attached hydrogen (secondary N) is 3. The van der Waals surface area contributed by atoms with Crippen molar-refractivity contribution in [2.24, 2.45) is 0 Å². The summed E-state index contributed by atoms with van der Waals surface area (Å²) < 4.78 is 0.409. The highest BCUT2D eigenvalue weighted by Crippen LogP contribution is 2.21. The summed E-state index contributed by atoms with van der Waals surface area (Å²) in [6, 6.07) is 0.862. The standard InChI is InChI=1S/C16H29IN4O3/c1-12-4-3-5-13(2)21(12)11-16(24)18-7-6-14(22)19-8-9-20-15(23)10-17/h12-13H,3-11H2,1-2H3,(H,18,24)(H,19,22)(H,20,23)/i6+1,7+1,14+1,16+1,18+1. The van der Waals surface area contributed by atoms with Gasteiger partial charge in [-0.2, -0.15) is 0 Å². The molecule has 0 radical (unpaired) electrons. The number of likely N-dealkylation sites (tertiary alicyclic amines) is 1. The summed E-state index contributed by atoms with van der Waals surface area (Å²) in [6.45, 7) is 5.87. The lowest BCUT2D eigenvalue weighted by molar-refractivity contribution is -0.124. The van der Waals surface area contributed by atoms with Crippen molar-refractivity contribution >= 4 is 40.3 Å². The molecule has 3 N–H and O–H groups in total. The molecule has 0 aromatic rings. The summed E-state index contributed by atoms with van der Waals surface area (Å²) >= 11 is 1.98. The van der Waals surface area contributed by atoms with Crippen molar-refractivity contribution in [1.82, 2.24) is 20.9 Å². The minimum atomic E-state index is -0.126. The molecule has 3 amide bonds. The van der Waals surface area contributed by atoms with Crippen LogP contribution in [-0.4, -0.2) is 65.3 Å². The van der Waals surface area contributed by atoms with Crippen LogP contribution in [0.1, 0.15) is 39.5 Å².